The van der Waals surface area contributed by atoms with Gasteiger partial charge in [0.25, 0.3) is 5.56 Å². The Hall–Kier alpha value is -2.49. The molecule has 4 nitrogen and oxygen atoms in total. The molecule has 0 aliphatic carbocycles. The van der Waals surface area contributed by atoms with E-state index in [0.717, 1.165) is 35.1 Å². The molecule has 2 heterocycles. The van der Waals surface area contributed by atoms with E-state index >= 15 is 0 Å². The zero-order valence-electron chi connectivity index (χ0n) is 11.3. The lowest BCUT2D eigenvalue weighted by Crippen LogP contribution is -2.11. The second-order valence-electron chi connectivity index (χ2n) is 4.70. The van der Waals surface area contributed by atoms with E-state index in [1.807, 2.05) is 30.3 Å². The Morgan fingerprint density at radius 3 is 2.95 bits per heavy atom. The number of nitrogens with one attached hydrogen (secondary N) is 1. The van der Waals surface area contributed by atoms with Crippen molar-refractivity contribution in [1.82, 2.24) is 15.0 Å². The minimum atomic E-state index is -0.112. The van der Waals surface area contributed by atoms with Gasteiger partial charge in [-0.25, -0.2) is 4.98 Å². The summed E-state index contributed by atoms with van der Waals surface area (Å²) >= 11 is 0. The van der Waals surface area contributed by atoms with Gasteiger partial charge in [0.1, 0.15) is 5.82 Å². The quantitative estimate of drug-likeness (QED) is 0.792. The maximum absolute atomic E-state index is 11.8. The first kappa shape index (κ1) is 12.5. The number of aromatic amines is 1. The monoisotopic (exact) mass is 265 g/mol. The zero-order valence-corrected chi connectivity index (χ0v) is 11.3. The summed E-state index contributed by atoms with van der Waals surface area (Å²) in [6.07, 6.45) is 3.48. The van der Waals surface area contributed by atoms with Crippen molar-refractivity contribution in [1.29, 1.82) is 0 Å². The number of nitrogens with zero attached hydrogens (tertiary/aromatic N) is 2. The number of benzene rings is 1. The third-order valence-electron chi connectivity index (χ3n) is 3.20. The Kier molecular flexibility index (Phi) is 3.29. The Bertz CT molecular complexity index is 803. The molecule has 0 unspecified atom stereocenters. The van der Waals surface area contributed by atoms with Crippen LogP contribution >= 0.6 is 0 Å². The molecule has 4 heteroatoms. The van der Waals surface area contributed by atoms with Crippen molar-refractivity contribution in [2.24, 2.45) is 0 Å². The highest BCUT2D eigenvalue weighted by atomic mass is 16.1. The second-order valence-corrected chi connectivity index (χ2v) is 4.70. The molecule has 0 atom stereocenters. The molecule has 0 radical (unpaired) electrons. The van der Waals surface area contributed by atoms with Crippen LogP contribution in [0.25, 0.3) is 22.2 Å². The van der Waals surface area contributed by atoms with Crippen LogP contribution < -0.4 is 5.56 Å². The Labute approximate surface area is 116 Å². The summed E-state index contributed by atoms with van der Waals surface area (Å²) in [7, 11) is 0. The molecule has 0 aliphatic rings. The maximum atomic E-state index is 11.8. The van der Waals surface area contributed by atoms with Gasteiger partial charge in [0.05, 0.1) is 11.2 Å². The molecule has 0 aliphatic heterocycles. The third kappa shape index (κ3) is 2.32. The van der Waals surface area contributed by atoms with Gasteiger partial charge in [-0.3, -0.25) is 9.78 Å². The molecule has 0 bridgehead atoms. The fourth-order valence-corrected chi connectivity index (χ4v) is 2.33. The molecule has 0 spiro atoms. The molecule has 0 fully saturated rings. The van der Waals surface area contributed by atoms with Gasteiger partial charge in [-0.1, -0.05) is 25.1 Å². The number of aryl methyl sites for hydroxylation is 1. The highest BCUT2D eigenvalue weighted by Gasteiger charge is 2.07. The molecule has 100 valence electrons. The van der Waals surface area contributed by atoms with Crippen LogP contribution in [0, 0.1) is 0 Å². The van der Waals surface area contributed by atoms with Crippen LogP contribution in [0.3, 0.4) is 0 Å². The van der Waals surface area contributed by atoms with Gasteiger partial charge < -0.3 is 4.98 Å². The molecule has 0 saturated carbocycles. The molecule has 3 rings (SSSR count). The van der Waals surface area contributed by atoms with E-state index in [1.165, 1.54) is 0 Å². The van der Waals surface area contributed by atoms with Gasteiger partial charge >= 0.3 is 0 Å². The average Bonchev–Trinajstić information content (AvgIpc) is 2.46. The average molecular weight is 265 g/mol. The Balaban J connectivity index is 2.23. The predicted octanol–water partition coefficient (Wildman–Crippen LogP) is 2.94. The molecular weight excluding hydrogens is 250 g/mol. The molecule has 1 N–H and O–H groups in total. The van der Waals surface area contributed by atoms with Gasteiger partial charge in [-0.15, -0.1) is 0 Å². The van der Waals surface area contributed by atoms with Crippen molar-refractivity contribution in [3.05, 3.63) is 58.8 Å². The first-order valence-electron chi connectivity index (χ1n) is 6.72. The van der Waals surface area contributed by atoms with Gasteiger partial charge in [0.2, 0.25) is 0 Å². The SMILES string of the molecule is CCCc1nc(-c2cccc3ncccc23)cc(=O)[nH]1. The van der Waals surface area contributed by atoms with Crippen LogP contribution in [-0.2, 0) is 6.42 Å². The van der Waals surface area contributed by atoms with Gasteiger partial charge in [0, 0.05) is 29.6 Å². The first-order chi connectivity index (χ1) is 9.78. The topological polar surface area (TPSA) is 58.6 Å². The minimum Gasteiger partial charge on any atom is -0.311 e. The molecule has 1 aromatic carbocycles. The third-order valence-corrected chi connectivity index (χ3v) is 3.20. The van der Waals surface area contributed by atoms with Crippen molar-refractivity contribution < 1.29 is 0 Å². The molecule has 0 amide bonds. The predicted molar refractivity (Wildman–Crippen MR) is 79.6 cm³/mol. The summed E-state index contributed by atoms with van der Waals surface area (Å²) in [4.78, 5) is 23.5. The summed E-state index contributed by atoms with van der Waals surface area (Å²) < 4.78 is 0. The second kappa shape index (κ2) is 5.25. The lowest BCUT2D eigenvalue weighted by molar-refractivity contribution is 0.828. The van der Waals surface area contributed by atoms with Crippen molar-refractivity contribution in [2.45, 2.75) is 19.8 Å². The van der Waals surface area contributed by atoms with Crippen LogP contribution in [0.2, 0.25) is 0 Å². The fraction of sp³-hybridized carbons (Fsp3) is 0.188. The van der Waals surface area contributed by atoms with Crippen LogP contribution in [0.15, 0.2) is 47.4 Å². The van der Waals surface area contributed by atoms with Crippen molar-refractivity contribution in [3.8, 4) is 11.3 Å². The van der Waals surface area contributed by atoms with Crippen LogP contribution in [0.5, 0.6) is 0 Å². The highest BCUT2D eigenvalue weighted by Crippen LogP contribution is 2.25. The van der Waals surface area contributed by atoms with E-state index in [2.05, 4.69) is 21.9 Å². The Morgan fingerprint density at radius 1 is 1.20 bits per heavy atom. The van der Waals surface area contributed by atoms with Crippen LogP contribution in [0.4, 0.5) is 0 Å². The number of hydrogen-bond acceptors (Lipinski definition) is 3. The summed E-state index contributed by atoms with van der Waals surface area (Å²) in [6.45, 7) is 2.06. The van der Waals surface area contributed by atoms with E-state index in [1.54, 1.807) is 12.3 Å². The number of pyridine rings is 1. The molecule has 3 aromatic rings. The van der Waals surface area contributed by atoms with Crippen LogP contribution in [0.1, 0.15) is 19.2 Å². The normalized spacial score (nSPS) is 10.8. The van der Waals surface area contributed by atoms with Crippen molar-refractivity contribution in [3.63, 3.8) is 0 Å². The lowest BCUT2D eigenvalue weighted by atomic mass is 10.1. The largest absolute Gasteiger partial charge is 0.311 e. The van der Waals surface area contributed by atoms with Crippen LogP contribution in [-0.4, -0.2) is 15.0 Å². The molecule has 0 saturated heterocycles. The number of fused-ring (bicyclic) bond motifs is 1. The smallest absolute Gasteiger partial charge is 0.251 e. The van der Waals surface area contributed by atoms with E-state index in [-0.39, 0.29) is 5.56 Å². The van der Waals surface area contributed by atoms with E-state index in [4.69, 9.17) is 0 Å². The van der Waals surface area contributed by atoms with E-state index < -0.39 is 0 Å². The fourth-order valence-electron chi connectivity index (χ4n) is 2.33. The summed E-state index contributed by atoms with van der Waals surface area (Å²) in [5.41, 5.74) is 2.44. The van der Waals surface area contributed by atoms with Crippen molar-refractivity contribution >= 4 is 10.9 Å². The molecular formula is C16H15N3O. The highest BCUT2D eigenvalue weighted by molar-refractivity contribution is 5.93. The zero-order chi connectivity index (χ0) is 13.9. The van der Waals surface area contributed by atoms with Crippen molar-refractivity contribution in [2.75, 3.05) is 0 Å². The number of H-pyrrole nitrogens is 1. The van der Waals surface area contributed by atoms with Gasteiger partial charge in [-0.05, 0) is 18.6 Å². The maximum Gasteiger partial charge on any atom is 0.251 e. The lowest BCUT2D eigenvalue weighted by Gasteiger charge is -2.06. The minimum absolute atomic E-state index is 0.112. The summed E-state index contributed by atoms with van der Waals surface area (Å²) in [5.74, 6) is 0.732. The standard InChI is InChI=1S/C16H15N3O/c1-2-5-15-18-14(10-16(20)19-15)12-6-3-8-13-11(12)7-4-9-17-13/h3-4,6-10H,2,5H2,1H3,(H,18,19,20). The number of rotatable bonds is 3. The Morgan fingerprint density at radius 2 is 2.10 bits per heavy atom. The van der Waals surface area contributed by atoms with E-state index in [9.17, 15) is 4.79 Å². The number of aromatic nitrogens is 3. The summed E-state index contributed by atoms with van der Waals surface area (Å²) in [6, 6.07) is 11.3. The van der Waals surface area contributed by atoms with Gasteiger partial charge in [-0.2, -0.15) is 0 Å². The van der Waals surface area contributed by atoms with E-state index in [0.29, 0.717) is 5.69 Å². The number of hydrogen-bond donors (Lipinski definition) is 1. The summed E-state index contributed by atoms with van der Waals surface area (Å²) in [5, 5.41) is 1.01. The molecule has 20 heavy (non-hydrogen) atoms. The van der Waals surface area contributed by atoms with Gasteiger partial charge in [0.15, 0.2) is 0 Å². The molecule has 2 aromatic heterocycles. The first-order valence-corrected chi connectivity index (χ1v) is 6.72.